The summed E-state index contributed by atoms with van der Waals surface area (Å²) in [4.78, 5) is 5.68. The highest BCUT2D eigenvalue weighted by molar-refractivity contribution is 7.07. The van der Waals surface area contributed by atoms with Crippen LogP contribution in [0.4, 0.5) is 11.4 Å². The number of benzene rings is 2. The van der Waals surface area contributed by atoms with E-state index < -0.39 is 0 Å². The molecule has 0 unspecified atom stereocenters. The molecular weight excluding hydrogens is 368 g/mol. The molecule has 5 nitrogen and oxygen atoms in total. The van der Waals surface area contributed by atoms with E-state index in [-0.39, 0.29) is 0 Å². The van der Waals surface area contributed by atoms with Crippen molar-refractivity contribution < 1.29 is 4.74 Å². The van der Waals surface area contributed by atoms with Crippen molar-refractivity contribution in [2.45, 2.75) is 13.8 Å². The molecule has 0 saturated carbocycles. The fourth-order valence-corrected chi connectivity index (χ4v) is 3.29. The number of aryl methyl sites for hydroxylation is 1. The summed E-state index contributed by atoms with van der Waals surface area (Å²) in [6, 6.07) is 16.8. The summed E-state index contributed by atoms with van der Waals surface area (Å²) in [6.07, 6.45) is 0. The molecule has 3 aromatic rings. The molecule has 134 valence electrons. The van der Waals surface area contributed by atoms with Crippen LogP contribution in [0.3, 0.4) is 0 Å². The lowest BCUT2D eigenvalue weighted by Crippen LogP contribution is -2.28. The Morgan fingerprint density at radius 2 is 1.96 bits per heavy atom. The molecule has 1 heterocycles. The first-order valence-corrected chi connectivity index (χ1v) is 9.30. The molecular formula is C19H19ClN4OS. The van der Waals surface area contributed by atoms with Crippen molar-refractivity contribution in [1.82, 2.24) is 3.96 Å². The van der Waals surface area contributed by atoms with Crippen LogP contribution in [-0.4, -0.2) is 16.5 Å². The van der Waals surface area contributed by atoms with E-state index in [0.29, 0.717) is 28.8 Å². The fraction of sp³-hybridized carbons (Fsp3) is 0.158. The second-order valence-corrected chi connectivity index (χ2v) is 7.09. The minimum absolute atomic E-state index is 0.358. The quantitative estimate of drug-likeness (QED) is 0.487. The Morgan fingerprint density at radius 3 is 2.58 bits per heavy atom. The van der Waals surface area contributed by atoms with Crippen molar-refractivity contribution in [3.05, 3.63) is 70.0 Å². The van der Waals surface area contributed by atoms with E-state index in [9.17, 15) is 0 Å². The van der Waals surface area contributed by atoms with Gasteiger partial charge in [0.15, 0.2) is 0 Å². The average molecular weight is 387 g/mol. The highest BCUT2D eigenvalue weighted by Crippen LogP contribution is 2.25. The van der Waals surface area contributed by atoms with Gasteiger partial charge in [0.1, 0.15) is 11.2 Å². The zero-order valence-electron chi connectivity index (χ0n) is 14.5. The molecule has 0 spiro atoms. The number of aromatic nitrogens is 1. The summed E-state index contributed by atoms with van der Waals surface area (Å²) in [7, 11) is 0. The molecule has 3 rings (SSSR count). The Morgan fingerprint density at radius 1 is 1.23 bits per heavy atom. The van der Waals surface area contributed by atoms with Crippen LogP contribution in [-0.2, 0) is 0 Å². The van der Waals surface area contributed by atoms with Crippen molar-refractivity contribution >= 4 is 40.5 Å². The standard InChI is InChI=1S/C19H19ClN4OS/c1-3-25-15-10-8-14(9-11-15)22-19(24-18(21)12-13(2)26-24)23-17-7-5-4-6-16(17)20/h4-12,21H,3H2,1-2H3,(H,22,23). The number of para-hydroxylation sites is 1. The minimum Gasteiger partial charge on any atom is -0.494 e. The van der Waals surface area contributed by atoms with Gasteiger partial charge in [0.25, 0.3) is 0 Å². The molecule has 1 aromatic heterocycles. The smallest absolute Gasteiger partial charge is 0.223 e. The Hall–Kier alpha value is -2.57. The topological polar surface area (TPSA) is 62.4 Å². The molecule has 7 heteroatoms. The number of hydrogen-bond donors (Lipinski definition) is 2. The van der Waals surface area contributed by atoms with Crippen molar-refractivity contribution in [2.24, 2.45) is 4.99 Å². The van der Waals surface area contributed by atoms with Crippen molar-refractivity contribution in [1.29, 1.82) is 5.41 Å². The third-order valence-corrected chi connectivity index (χ3v) is 4.76. The van der Waals surface area contributed by atoms with Gasteiger partial charge in [0.05, 0.1) is 17.3 Å². The van der Waals surface area contributed by atoms with E-state index >= 15 is 0 Å². The summed E-state index contributed by atoms with van der Waals surface area (Å²) < 4.78 is 7.21. The number of halogens is 1. The molecule has 0 radical (unpaired) electrons. The van der Waals surface area contributed by atoms with Crippen LogP contribution in [0.1, 0.15) is 11.8 Å². The Labute approximate surface area is 161 Å². The number of hydrogen-bond acceptors (Lipinski definition) is 4. The maximum absolute atomic E-state index is 8.20. The van der Waals surface area contributed by atoms with Crippen LogP contribution in [0.15, 0.2) is 59.6 Å². The predicted octanol–water partition coefficient (Wildman–Crippen LogP) is 5.04. The van der Waals surface area contributed by atoms with Crippen LogP contribution in [0.5, 0.6) is 5.75 Å². The van der Waals surface area contributed by atoms with Gasteiger partial charge < -0.3 is 10.1 Å². The third kappa shape index (κ3) is 4.33. The lowest BCUT2D eigenvalue weighted by atomic mass is 10.3. The molecule has 0 saturated heterocycles. The minimum atomic E-state index is 0.358. The monoisotopic (exact) mass is 386 g/mol. The Kier molecular flexibility index (Phi) is 5.75. The maximum Gasteiger partial charge on any atom is 0.223 e. The second kappa shape index (κ2) is 8.21. The first-order valence-electron chi connectivity index (χ1n) is 8.15. The second-order valence-electron chi connectivity index (χ2n) is 5.50. The number of rotatable bonds is 4. The van der Waals surface area contributed by atoms with Gasteiger partial charge in [-0.05, 0) is 56.3 Å². The van der Waals surface area contributed by atoms with Crippen molar-refractivity contribution in [2.75, 3.05) is 11.9 Å². The molecule has 0 atom stereocenters. The number of nitrogens with zero attached hydrogens (tertiary/aromatic N) is 2. The normalized spacial score (nSPS) is 11.4. The largest absolute Gasteiger partial charge is 0.494 e. The number of nitrogens with one attached hydrogen (secondary N) is 2. The van der Waals surface area contributed by atoms with Gasteiger partial charge in [-0.2, -0.15) is 0 Å². The lowest BCUT2D eigenvalue weighted by Gasteiger charge is -2.12. The van der Waals surface area contributed by atoms with Gasteiger partial charge in [-0.1, -0.05) is 35.3 Å². The van der Waals surface area contributed by atoms with E-state index in [4.69, 9.17) is 21.7 Å². The average Bonchev–Trinajstić information content (AvgIpc) is 2.96. The van der Waals surface area contributed by atoms with E-state index in [0.717, 1.165) is 16.3 Å². The Bertz CT molecular complexity index is 976. The number of anilines is 1. The molecule has 0 bridgehead atoms. The molecule has 0 aliphatic carbocycles. The molecule has 2 N–H and O–H groups in total. The third-order valence-electron chi connectivity index (χ3n) is 3.49. The predicted molar refractivity (Wildman–Crippen MR) is 108 cm³/mol. The first kappa shape index (κ1) is 18.2. The van der Waals surface area contributed by atoms with Gasteiger partial charge in [0, 0.05) is 10.6 Å². The van der Waals surface area contributed by atoms with Crippen LogP contribution in [0.2, 0.25) is 5.02 Å². The molecule has 2 aromatic carbocycles. The van der Waals surface area contributed by atoms with Gasteiger partial charge in [0.2, 0.25) is 5.96 Å². The van der Waals surface area contributed by atoms with Crippen LogP contribution in [0.25, 0.3) is 0 Å². The maximum atomic E-state index is 8.20. The van der Waals surface area contributed by atoms with Gasteiger partial charge in [-0.25, -0.2) is 8.95 Å². The highest BCUT2D eigenvalue weighted by Gasteiger charge is 2.09. The molecule has 0 amide bonds. The van der Waals surface area contributed by atoms with E-state index in [1.807, 2.05) is 56.3 Å². The van der Waals surface area contributed by atoms with Gasteiger partial charge in [-0.3, -0.25) is 5.41 Å². The van der Waals surface area contributed by atoms with Crippen LogP contribution in [0, 0.1) is 12.3 Å². The number of aliphatic imine (C=N–C) groups is 1. The fourth-order valence-electron chi connectivity index (χ4n) is 2.34. The summed E-state index contributed by atoms with van der Waals surface area (Å²) >= 11 is 7.70. The van der Waals surface area contributed by atoms with E-state index in [1.54, 1.807) is 16.1 Å². The van der Waals surface area contributed by atoms with Crippen LogP contribution >= 0.6 is 23.1 Å². The van der Waals surface area contributed by atoms with E-state index in [1.165, 1.54) is 11.5 Å². The van der Waals surface area contributed by atoms with Crippen molar-refractivity contribution in [3.8, 4) is 5.75 Å². The first-order chi connectivity index (χ1) is 12.6. The molecule has 0 aliphatic heterocycles. The van der Waals surface area contributed by atoms with E-state index in [2.05, 4.69) is 10.3 Å². The number of ether oxygens (including phenoxy) is 1. The molecule has 0 fully saturated rings. The molecule has 0 aliphatic rings. The highest BCUT2D eigenvalue weighted by atomic mass is 35.5. The van der Waals surface area contributed by atoms with Crippen LogP contribution < -0.4 is 15.5 Å². The van der Waals surface area contributed by atoms with Gasteiger partial charge in [-0.15, -0.1) is 0 Å². The zero-order valence-corrected chi connectivity index (χ0v) is 16.1. The SMILES string of the molecule is CCOc1ccc(NC(=Nc2ccccc2Cl)n2sc(C)cc2=N)cc1. The summed E-state index contributed by atoms with van der Waals surface area (Å²) in [5, 5.41) is 12.0. The van der Waals surface area contributed by atoms with Gasteiger partial charge >= 0.3 is 0 Å². The summed E-state index contributed by atoms with van der Waals surface area (Å²) in [5.74, 6) is 1.33. The molecule has 26 heavy (non-hydrogen) atoms. The summed E-state index contributed by atoms with van der Waals surface area (Å²) in [5.41, 5.74) is 1.84. The summed E-state index contributed by atoms with van der Waals surface area (Å²) in [6.45, 7) is 4.54. The van der Waals surface area contributed by atoms with Crippen molar-refractivity contribution in [3.63, 3.8) is 0 Å². The zero-order chi connectivity index (χ0) is 18.5. The lowest BCUT2D eigenvalue weighted by molar-refractivity contribution is 0.340. The Balaban J connectivity index is 1.99.